The number of hydrogen-bond donors (Lipinski definition) is 0. The third-order valence-electron chi connectivity index (χ3n) is 4.07. The molecule has 3 rings (SSSR count). The highest BCUT2D eigenvalue weighted by molar-refractivity contribution is 5.75. The van der Waals surface area contributed by atoms with Gasteiger partial charge in [-0.15, -0.1) is 0 Å². The highest BCUT2D eigenvalue weighted by Gasteiger charge is 2.22. The molecule has 0 nitrogen and oxygen atoms in total. The molecule has 0 radical (unpaired) electrons. The summed E-state index contributed by atoms with van der Waals surface area (Å²) in [7, 11) is 0. The Labute approximate surface area is 137 Å². The van der Waals surface area contributed by atoms with E-state index < -0.39 is 0 Å². The van der Waals surface area contributed by atoms with Crippen molar-refractivity contribution < 1.29 is 4.39 Å². The normalized spacial score (nSPS) is 11.5. The zero-order valence-corrected chi connectivity index (χ0v) is 13.8. The van der Waals surface area contributed by atoms with Gasteiger partial charge < -0.3 is 0 Å². The molecule has 116 valence electrons. The summed E-state index contributed by atoms with van der Waals surface area (Å²) in [6, 6.07) is 23.8. The van der Waals surface area contributed by atoms with Crippen molar-refractivity contribution in [3.8, 4) is 22.3 Å². The Kier molecular flexibility index (Phi) is 4.04. The Morgan fingerprint density at radius 2 is 1.17 bits per heavy atom. The number of halogens is 1. The van der Waals surface area contributed by atoms with Crippen molar-refractivity contribution in [2.45, 2.75) is 26.2 Å². The van der Waals surface area contributed by atoms with Gasteiger partial charge in [0.15, 0.2) is 0 Å². The van der Waals surface area contributed by atoms with Crippen LogP contribution in [-0.4, -0.2) is 0 Å². The molecule has 0 aliphatic heterocycles. The average molecular weight is 304 g/mol. The molecule has 0 aliphatic carbocycles. The van der Waals surface area contributed by atoms with Crippen LogP contribution in [0.3, 0.4) is 0 Å². The second-order valence-corrected chi connectivity index (χ2v) is 6.87. The van der Waals surface area contributed by atoms with E-state index in [1.54, 1.807) is 0 Å². The summed E-state index contributed by atoms with van der Waals surface area (Å²) < 4.78 is 15.1. The highest BCUT2D eigenvalue weighted by Crippen LogP contribution is 2.36. The quantitative estimate of drug-likeness (QED) is 0.510. The van der Waals surface area contributed by atoms with Gasteiger partial charge in [0, 0.05) is 5.56 Å². The molecule has 0 fully saturated rings. The molecule has 0 spiro atoms. The van der Waals surface area contributed by atoms with Gasteiger partial charge in [-0.05, 0) is 39.8 Å². The lowest BCUT2D eigenvalue weighted by Crippen LogP contribution is -2.14. The predicted molar refractivity (Wildman–Crippen MR) is 96.0 cm³/mol. The maximum absolute atomic E-state index is 15.1. The van der Waals surface area contributed by atoms with E-state index >= 15 is 4.39 Å². The third-order valence-corrected chi connectivity index (χ3v) is 4.07. The monoisotopic (exact) mass is 304 g/mol. The number of rotatable bonds is 2. The molecular weight excluding hydrogens is 283 g/mol. The molecule has 0 heterocycles. The minimum Gasteiger partial charge on any atom is -0.206 e. The smallest absolute Gasteiger partial charge is 0.134 e. The van der Waals surface area contributed by atoms with Crippen LogP contribution in [0.4, 0.5) is 4.39 Å². The second kappa shape index (κ2) is 6.00. The fourth-order valence-corrected chi connectivity index (χ4v) is 2.80. The highest BCUT2D eigenvalue weighted by atomic mass is 19.1. The molecule has 23 heavy (non-hydrogen) atoms. The summed E-state index contributed by atoms with van der Waals surface area (Å²) in [6.07, 6.45) is 0. The van der Waals surface area contributed by atoms with Crippen molar-refractivity contribution in [2.75, 3.05) is 0 Å². The van der Waals surface area contributed by atoms with E-state index in [2.05, 4.69) is 32.9 Å². The van der Waals surface area contributed by atoms with Crippen LogP contribution < -0.4 is 0 Å². The molecule has 0 saturated heterocycles. The van der Waals surface area contributed by atoms with Crippen molar-refractivity contribution in [3.63, 3.8) is 0 Å². The minimum absolute atomic E-state index is 0.122. The molecule has 0 aromatic heterocycles. The van der Waals surface area contributed by atoms with Crippen LogP contribution in [0.5, 0.6) is 0 Å². The van der Waals surface area contributed by atoms with Crippen molar-refractivity contribution in [2.24, 2.45) is 0 Å². The fraction of sp³-hybridized carbons (Fsp3) is 0.182. The first kappa shape index (κ1) is 15.5. The van der Waals surface area contributed by atoms with Crippen LogP contribution in [0.15, 0.2) is 72.8 Å². The summed E-state index contributed by atoms with van der Waals surface area (Å²) in [6.45, 7) is 6.15. The van der Waals surface area contributed by atoms with Gasteiger partial charge in [-0.3, -0.25) is 0 Å². The van der Waals surface area contributed by atoms with Gasteiger partial charge in [-0.25, -0.2) is 4.39 Å². The lowest BCUT2D eigenvalue weighted by molar-refractivity contribution is 0.525. The fourth-order valence-electron chi connectivity index (χ4n) is 2.80. The zero-order chi connectivity index (χ0) is 16.4. The molecule has 0 amide bonds. The standard InChI is InChI=1S/C22H21F/c1-22(2,3)20-15-18(16-10-6-4-7-11-16)14-19(21(20)23)17-12-8-5-9-13-17/h4-15H,1-3H3. The van der Waals surface area contributed by atoms with Crippen LogP contribution in [-0.2, 0) is 5.41 Å². The third kappa shape index (κ3) is 3.19. The molecule has 0 unspecified atom stereocenters. The molecule has 3 aromatic carbocycles. The maximum atomic E-state index is 15.1. The largest absolute Gasteiger partial charge is 0.206 e. The SMILES string of the molecule is CC(C)(C)c1cc(-c2ccccc2)cc(-c2ccccc2)c1F. The Balaban J connectivity index is 2.27. The number of benzene rings is 3. The van der Waals surface area contributed by atoms with E-state index in [4.69, 9.17) is 0 Å². The summed E-state index contributed by atoms with van der Waals surface area (Å²) in [5, 5.41) is 0. The molecule has 0 saturated carbocycles. The van der Waals surface area contributed by atoms with E-state index in [1.165, 1.54) is 0 Å². The number of hydrogen-bond acceptors (Lipinski definition) is 0. The van der Waals surface area contributed by atoms with Gasteiger partial charge in [0.25, 0.3) is 0 Å². The van der Waals surface area contributed by atoms with Crippen molar-refractivity contribution in [1.29, 1.82) is 0 Å². The summed E-state index contributed by atoms with van der Waals surface area (Å²) in [5.74, 6) is -0.122. The van der Waals surface area contributed by atoms with E-state index in [0.717, 1.165) is 22.3 Å². The van der Waals surface area contributed by atoms with E-state index in [9.17, 15) is 0 Å². The zero-order valence-electron chi connectivity index (χ0n) is 13.8. The Morgan fingerprint density at radius 3 is 1.70 bits per heavy atom. The van der Waals surface area contributed by atoms with Crippen LogP contribution >= 0.6 is 0 Å². The molecule has 0 atom stereocenters. The van der Waals surface area contributed by atoms with Crippen LogP contribution in [0.2, 0.25) is 0 Å². The molecule has 0 bridgehead atoms. The molecule has 0 aliphatic rings. The predicted octanol–water partition coefficient (Wildman–Crippen LogP) is 6.46. The minimum atomic E-state index is -0.252. The first-order valence-electron chi connectivity index (χ1n) is 7.92. The van der Waals surface area contributed by atoms with E-state index in [1.807, 2.05) is 60.7 Å². The molecule has 1 heteroatoms. The second-order valence-electron chi connectivity index (χ2n) is 6.87. The van der Waals surface area contributed by atoms with Crippen LogP contribution in [0.25, 0.3) is 22.3 Å². The summed E-state index contributed by atoms with van der Waals surface area (Å²) in [5.41, 5.74) is 4.23. The van der Waals surface area contributed by atoms with Crippen molar-refractivity contribution in [3.05, 3.63) is 84.2 Å². The summed E-state index contributed by atoms with van der Waals surface area (Å²) >= 11 is 0. The van der Waals surface area contributed by atoms with E-state index in [-0.39, 0.29) is 11.2 Å². The van der Waals surface area contributed by atoms with E-state index in [0.29, 0.717) is 5.56 Å². The maximum Gasteiger partial charge on any atom is 0.134 e. The first-order valence-corrected chi connectivity index (χ1v) is 7.92. The Morgan fingerprint density at radius 1 is 0.652 bits per heavy atom. The Bertz CT molecular complexity index is 797. The van der Waals surface area contributed by atoms with Crippen LogP contribution in [0, 0.1) is 5.82 Å². The van der Waals surface area contributed by atoms with Gasteiger partial charge in [0.1, 0.15) is 5.82 Å². The van der Waals surface area contributed by atoms with Gasteiger partial charge in [0.05, 0.1) is 0 Å². The lowest BCUT2D eigenvalue weighted by atomic mass is 9.82. The molecule has 3 aromatic rings. The Hall–Kier alpha value is -2.41. The van der Waals surface area contributed by atoms with Crippen molar-refractivity contribution in [1.82, 2.24) is 0 Å². The van der Waals surface area contributed by atoms with Crippen molar-refractivity contribution >= 4 is 0 Å². The summed E-state index contributed by atoms with van der Waals surface area (Å²) in [4.78, 5) is 0. The topological polar surface area (TPSA) is 0 Å². The van der Waals surface area contributed by atoms with Gasteiger partial charge in [-0.2, -0.15) is 0 Å². The van der Waals surface area contributed by atoms with Gasteiger partial charge in [-0.1, -0.05) is 81.4 Å². The lowest BCUT2D eigenvalue weighted by Gasteiger charge is -2.23. The average Bonchev–Trinajstić information content (AvgIpc) is 2.55. The van der Waals surface area contributed by atoms with Crippen LogP contribution in [0.1, 0.15) is 26.3 Å². The first-order chi connectivity index (χ1) is 11.0. The molecule has 0 N–H and O–H groups in total. The molecular formula is C22H21F. The van der Waals surface area contributed by atoms with Gasteiger partial charge >= 0.3 is 0 Å². The van der Waals surface area contributed by atoms with Gasteiger partial charge in [0.2, 0.25) is 0 Å².